The Hall–Kier alpha value is -1.60. The third-order valence-electron chi connectivity index (χ3n) is 2.21. The molecule has 0 aliphatic carbocycles. The standard InChI is InChI=1S/C12H17N3O/c1-3-8-15(9-7-13)10-11-5-4-6-12(14-11)16-2/h4-6H,3,8-10H2,1-2H3. The molecule has 0 N–H and O–H groups in total. The molecule has 0 bridgehead atoms. The first-order chi connectivity index (χ1) is 7.80. The fraction of sp³-hybridized carbons (Fsp3) is 0.500. The highest BCUT2D eigenvalue weighted by Gasteiger charge is 2.05. The predicted molar refractivity (Wildman–Crippen MR) is 62.0 cm³/mol. The molecule has 0 amide bonds. The third-order valence-corrected chi connectivity index (χ3v) is 2.21. The van der Waals surface area contributed by atoms with Crippen LogP contribution < -0.4 is 4.74 Å². The third kappa shape index (κ3) is 3.87. The summed E-state index contributed by atoms with van der Waals surface area (Å²) in [5.74, 6) is 0.617. The van der Waals surface area contributed by atoms with Gasteiger partial charge in [-0.1, -0.05) is 13.0 Å². The summed E-state index contributed by atoms with van der Waals surface area (Å²) in [4.78, 5) is 6.39. The number of ether oxygens (including phenoxy) is 1. The van der Waals surface area contributed by atoms with Crippen molar-refractivity contribution >= 4 is 0 Å². The van der Waals surface area contributed by atoms with E-state index < -0.39 is 0 Å². The summed E-state index contributed by atoms with van der Waals surface area (Å²) in [6.45, 7) is 4.14. The van der Waals surface area contributed by atoms with E-state index in [9.17, 15) is 0 Å². The van der Waals surface area contributed by atoms with E-state index in [2.05, 4.69) is 22.9 Å². The molecule has 0 fully saturated rings. The second-order valence-electron chi connectivity index (χ2n) is 3.54. The molecule has 0 aliphatic heterocycles. The number of nitrogens with zero attached hydrogens (tertiary/aromatic N) is 3. The number of aromatic nitrogens is 1. The Morgan fingerprint density at radius 3 is 2.94 bits per heavy atom. The Morgan fingerprint density at radius 1 is 1.50 bits per heavy atom. The number of hydrogen-bond acceptors (Lipinski definition) is 4. The average Bonchev–Trinajstić information content (AvgIpc) is 2.30. The Morgan fingerprint density at radius 2 is 2.31 bits per heavy atom. The summed E-state index contributed by atoms with van der Waals surface area (Å²) >= 11 is 0. The normalized spacial score (nSPS) is 10.1. The van der Waals surface area contributed by atoms with Gasteiger partial charge >= 0.3 is 0 Å². The molecule has 4 nitrogen and oxygen atoms in total. The molecule has 4 heteroatoms. The smallest absolute Gasteiger partial charge is 0.213 e. The van der Waals surface area contributed by atoms with Crippen LogP contribution in [0.5, 0.6) is 5.88 Å². The van der Waals surface area contributed by atoms with E-state index in [1.165, 1.54) is 0 Å². The molecule has 0 aromatic carbocycles. The quantitative estimate of drug-likeness (QED) is 0.685. The van der Waals surface area contributed by atoms with Crippen molar-refractivity contribution in [3.63, 3.8) is 0 Å². The van der Waals surface area contributed by atoms with Gasteiger partial charge in [0.2, 0.25) is 5.88 Å². The average molecular weight is 219 g/mol. The number of hydrogen-bond donors (Lipinski definition) is 0. The maximum Gasteiger partial charge on any atom is 0.213 e. The fourth-order valence-electron chi connectivity index (χ4n) is 1.52. The van der Waals surface area contributed by atoms with Crippen molar-refractivity contribution in [2.75, 3.05) is 20.2 Å². The summed E-state index contributed by atoms with van der Waals surface area (Å²) in [5.41, 5.74) is 0.933. The van der Waals surface area contributed by atoms with Gasteiger partial charge in [0.05, 0.1) is 25.4 Å². The lowest BCUT2D eigenvalue weighted by molar-refractivity contribution is 0.292. The van der Waals surface area contributed by atoms with E-state index in [0.717, 1.165) is 18.7 Å². The minimum Gasteiger partial charge on any atom is -0.481 e. The number of rotatable bonds is 6. The summed E-state index contributed by atoms with van der Waals surface area (Å²) in [6, 6.07) is 7.85. The Bertz CT molecular complexity index is 360. The van der Waals surface area contributed by atoms with Crippen molar-refractivity contribution < 1.29 is 4.74 Å². The van der Waals surface area contributed by atoms with Crippen LogP contribution in [0.2, 0.25) is 0 Å². The Balaban J connectivity index is 2.65. The highest BCUT2D eigenvalue weighted by Crippen LogP contribution is 2.09. The second-order valence-corrected chi connectivity index (χ2v) is 3.54. The maximum absolute atomic E-state index is 8.71. The first-order valence-corrected chi connectivity index (χ1v) is 5.39. The van der Waals surface area contributed by atoms with Gasteiger partial charge in [0.1, 0.15) is 0 Å². The molecule has 0 unspecified atom stereocenters. The van der Waals surface area contributed by atoms with Crippen LogP contribution in [0.4, 0.5) is 0 Å². The lowest BCUT2D eigenvalue weighted by Gasteiger charge is -2.17. The number of methoxy groups -OCH3 is 1. The van der Waals surface area contributed by atoms with E-state index in [1.807, 2.05) is 18.2 Å². The minimum atomic E-state index is 0.437. The molecule has 0 spiro atoms. The summed E-state index contributed by atoms with van der Waals surface area (Å²) in [5, 5.41) is 8.71. The van der Waals surface area contributed by atoms with Gasteiger partial charge in [0, 0.05) is 12.6 Å². The topological polar surface area (TPSA) is 49.2 Å². The van der Waals surface area contributed by atoms with Gasteiger partial charge in [-0.05, 0) is 19.0 Å². The van der Waals surface area contributed by atoms with Gasteiger partial charge < -0.3 is 4.74 Å². The second kappa shape index (κ2) is 6.81. The highest BCUT2D eigenvalue weighted by atomic mass is 16.5. The zero-order valence-electron chi connectivity index (χ0n) is 9.81. The van der Waals surface area contributed by atoms with Gasteiger partial charge in [-0.15, -0.1) is 0 Å². The van der Waals surface area contributed by atoms with Crippen molar-refractivity contribution in [1.29, 1.82) is 5.26 Å². The SMILES string of the molecule is CCCN(CC#N)Cc1cccc(OC)n1. The van der Waals surface area contributed by atoms with Crippen LogP contribution in [-0.4, -0.2) is 30.1 Å². The van der Waals surface area contributed by atoms with Gasteiger partial charge in [0.25, 0.3) is 0 Å². The molecule has 16 heavy (non-hydrogen) atoms. The van der Waals surface area contributed by atoms with E-state index in [-0.39, 0.29) is 0 Å². The monoisotopic (exact) mass is 219 g/mol. The van der Waals surface area contributed by atoms with Crippen LogP contribution in [0.1, 0.15) is 19.0 Å². The molecule has 1 heterocycles. The summed E-state index contributed by atoms with van der Waals surface area (Å²) in [6.07, 6.45) is 1.03. The lowest BCUT2D eigenvalue weighted by atomic mass is 10.3. The van der Waals surface area contributed by atoms with E-state index in [0.29, 0.717) is 19.0 Å². The molecule has 0 saturated carbocycles. The molecule has 1 aromatic rings. The van der Waals surface area contributed by atoms with Gasteiger partial charge in [-0.25, -0.2) is 4.98 Å². The zero-order chi connectivity index (χ0) is 11.8. The zero-order valence-corrected chi connectivity index (χ0v) is 9.81. The Labute approximate surface area is 96.5 Å². The minimum absolute atomic E-state index is 0.437. The van der Waals surface area contributed by atoms with Crippen molar-refractivity contribution in [2.24, 2.45) is 0 Å². The maximum atomic E-state index is 8.71. The van der Waals surface area contributed by atoms with Gasteiger partial charge in [-0.2, -0.15) is 5.26 Å². The first kappa shape index (κ1) is 12.5. The van der Waals surface area contributed by atoms with Crippen molar-refractivity contribution in [2.45, 2.75) is 19.9 Å². The molecule has 1 aromatic heterocycles. The molecule has 0 radical (unpaired) electrons. The molecule has 86 valence electrons. The Kier molecular flexibility index (Phi) is 5.30. The summed E-state index contributed by atoms with van der Waals surface area (Å²) in [7, 11) is 1.60. The van der Waals surface area contributed by atoms with E-state index in [1.54, 1.807) is 7.11 Å². The van der Waals surface area contributed by atoms with Crippen molar-refractivity contribution in [1.82, 2.24) is 9.88 Å². The molecule has 1 rings (SSSR count). The summed E-state index contributed by atoms with van der Waals surface area (Å²) < 4.78 is 5.06. The number of nitriles is 1. The van der Waals surface area contributed by atoms with Crippen LogP contribution in [0, 0.1) is 11.3 Å². The molecule has 0 atom stereocenters. The number of pyridine rings is 1. The largest absolute Gasteiger partial charge is 0.481 e. The van der Waals surface area contributed by atoms with E-state index >= 15 is 0 Å². The van der Waals surface area contributed by atoms with Gasteiger partial charge in [0.15, 0.2) is 0 Å². The van der Waals surface area contributed by atoms with Crippen LogP contribution >= 0.6 is 0 Å². The van der Waals surface area contributed by atoms with Crippen LogP contribution in [0.3, 0.4) is 0 Å². The lowest BCUT2D eigenvalue weighted by Crippen LogP contribution is -2.24. The van der Waals surface area contributed by atoms with Gasteiger partial charge in [-0.3, -0.25) is 4.90 Å². The van der Waals surface area contributed by atoms with Crippen LogP contribution in [0.25, 0.3) is 0 Å². The molecule has 0 saturated heterocycles. The highest BCUT2D eigenvalue weighted by molar-refractivity contribution is 5.15. The molecular weight excluding hydrogens is 202 g/mol. The first-order valence-electron chi connectivity index (χ1n) is 5.39. The fourth-order valence-corrected chi connectivity index (χ4v) is 1.52. The molecule has 0 aliphatic rings. The molecular formula is C12H17N3O. The van der Waals surface area contributed by atoms with Crippen molar-refractivity contribution in [3.8, 4) is 11.9 Å². The van der Waals surface area contributed by atoms with E-state index in [4.69, 9.17) is 10.00 Å². The van der Waals surface area contributed by atoms with Crippen molar-refractivity contribution in [3.05, 3.63) is 23.9 Å². The van der Waals surface area contributed by atoms with Crippen LogP contribution in [-0.2, 0) is 6.54 Å². The van der Waals surface area contributed by atoms with Crippen LogP contribution in [0.15, 0.2) is 18.2 Å². The predicted octanol–water partition coefficient (Wildman–Crippen LogP) is 1.83.